The van der Waals surface area contributed by atoms with E-state index >= 15 is 0 Å². The molecule has 0 aliphatic heterocycles. The lowest BCUT2D eigenvalue weighted by Crippen LogP contribution is -2.20. The molecule has 2 aromatic rings. The number of aryl methyl sites for hydroxylation is 2. The predicted molar refractivity (Wildman–Crippen MR) is 97.6 cm³/mol. The summed E-state index contributed by atoms with van der Waals surface area (Å²) >= 11 is 1.46. The number of rotatable bonds is 5. The molecule has 0 saturated heterocycles. The third-order valence-electron chi connectivity index (χ3n) is 4.26. The van der Waals surface area contributed by atoms with Gasteiger partial charge >= 0.3 is 0 Å². The minimum atomic E-state index is -0.481. The van der Waals surface area contributed by atoms with Crippen molar-refractivity contribution >= 4 is 27.9 Å². The van der Waals surface area contributed by atoms with E-state index in [0.29, 0.717) is 21.9 Å². The smallest absolute Gasteiger partial charge is 0.269 e. The zero-order valence-electron chi connectivity index (χ0n) is 14.2. The van der Waals surface area contributed by atoms with Crippen LogP contribution in [0.25, 0.3) is 0 Å². The average molecular weight is 371 g/mol. The number of carbonyl (C=O) groups is 1. The van der Waals surface area contributed by atoms with E-state index < -0.39 is 4.92 Å². The number of nitro benzene ring substituents is 1. The molecule has 3 rings (SSSR count). The number of thiophene rings is 1. The fourth-order valence-electron chi connectivity index (χ4n) is 2.99. The Morgan fingerprint density at radius 3 is 2.88 bits per heavy atom. The second-order valence-electron chi connectivity index (χ2n) is 6.07. The fourth-order valence-corrected chi connectivity index (χ4v) is 4.24. The number of hydrogen-bond acceptors (Lipinski definition) is 6. The van der Waals surface area contributed by atoms with Crippen LogP contribution in [0.2, 0.25) is 0 Å². The summed E-state index contributed by atoms with van der Waals surface area (Å²) in [5, 5.41) is 23.5. The van der Waals surface area contributed by atoms with Crippen molar-refractivity contribution in [2.75, 3.05) is 11.9 Å². The number of benzene rings is 1. The number of nitrogens with one attached hydrogen (secondary N) is 1. The van der Waals surface area contributed by atoms with Crippen LogP contribution in [-0.2, 0) is 17.6 Å². The van der Waals surface area contributed by atoms with Crippen LogP contribution in [0.1, 0.15) is 34.4 Å². The summed E-state index contributed by atoms with van der Waals surface area (Å²) < 4.78 is 5.47. The first-order valence-corrected chi connectivity index (χ1v) is 9.03. The molecule has 1 aromatic carbocycles. The first-order chi connectivity index (χ1) is 12.5. The second-order valence-corrected chi connectivity index (χ2v) is 7.18. The molecule has 1 heterocycles. The van der Waals surface area contributed by atoms with Crippen molar-refractivity contribution in [3.05, 3.63) is 49.9 Å². The first kappa shape index (κ1) is 17.9. The molecule has 26 heavy (non-hydrogen) atoms. The van der Waals surface area contributed by atoms with Crippen LogP contribution in [0.5, 0.6) is 5.75 Å². The largest absolute Gasteiger partial charge is 0.483 e. The predicted octanol–water partition coefficient (Wildman–Crippen LogP) is 3.73. The number of anilines is 1. The molecule has 1 amide bonds. The lowest BCUT2D eigenvalue weighted by molar-refractivity contribution is -0.384. The number of carbonyl (C=O) groups excluding carboxylic acids is 1. The van der Waals surface area contributed by atoms with Crippen LogP contribution < -0.4 is 10.1 Å². The van der Waals surface area contributed by atoms with Crippen molar-refractivity contribution in [1.82, 2.24) is 0 Å². The molecule has 0 radical (unpaired) electrons. The summed E-state index contributed by atoms with van der Waals surface area (Å²) in [4.78, 5) is 23.7. The Bertz CT molecular complexity index is 914. The van der Waals surface area contributed by atoms with E-state index in [4.69, 9.17) is 4.74 Å². The minimum Gasteiger partial charge on any atom is -0.483 e. The molecule has 134 valence electrons. The van der Waals surface area contributed by atoms with Gasteiger partial charge in [0.15, 0.2) is 6.61 Å². The van der Waals surface area contributed by atoms with Crippen LogP contribution >= 0.6 is 11.3 Å². The van der Waals surface area contributed by atoms with Gasteiger partial charge in [0.1, 0.15) is 16.8 Å². The molecule has 1 N–H and O–H groups in total. The molecule has 0 unspecified atom stereocenters. The molecule has 0 bridgehead atoms. The summed E-state index contributed by atoms with van der Waals surface area (Å²) in [6.45, 7) is 1.45. The number of hydrogen-bond donors (Lipinski definition) is 1. The summed E-state index contributed by atoms with van der Waals surface area (Å²) in [5.41, 5.74) is 2.18. The van der Waals surface area contributed by atoms with Gasteiger partial charge in [0.2, 0.25) is 0 Å². The number of ether oxygens (including phenoxy) is 1. The van der Waals surface area contributed by atoms with Gasteiger partial charge in [-0.1, -0.05) is 0 Å². The molecular weight excluding hydrogens is 354 g/mol. The van der Waals surface area contributed by atoms with Crippen LogP contribution in [0.4, 0.5) is 10.7 Å². The van der Waals surface area contributed by atoms with Crippen molar-refractivity contribution in [2.45, 2.75) is 32.6 Å². The molecule has 0 spiro atoms. The van der Waals surface area contributed by atoms with Crippen molar-refractivity contribution in [1.29, 1.82) is 5.26 Å². The Hall–Kier alpha value is -2.92. The number of nitrogens with zero attached hydrogens (tertiary/aromatic N) is 2. The third-order valence-corrected chi connectivity index (χ3v) is 5.47. The van der Waals surface area contributed by atoms with Gasteiger partial charge in [-0.3, -0.25) is 14.9 Å². The molecule has 0 atom stereocenters. The molecular formula is C18H17N3O4S. The molecule has 0 saturated carbocycles. The molecule has 8 heteroatoms. The van der Waals surface area contributed by atoms with E-state index in [-0.39, 0.29) is 18.2 Å². The molecule has 0 fully saturated rings. The molecule has 7 nitrogen and oxygen atoms in total. The van der Waals surface area contributed by atoms with Gasteiger partial charge < -0.3 is 10.1 Å². The maximum Gasteiger partial charge on any atom is 0.269 e. The van der Waals surface area contributed by atoms with E-state index in [2.05, 4.69) is 11.4 Å². The van der Waals surface area contributed by atoms with Crippen molar-refractivity contribution in [3.63, 3.8) is 0 Å². The zero-order chi connectivity index (χ0) is 18.7. The fraction of sp³-hybridized carbons (Fsp3) is 0.333. The highest BCUT2D eigenvalue weighted by atomic mass is 32.1. The summed E-state index contributed by atoms with van der Waals surface area (Å²) in [6, 6.07) is 6.41. The van der Waals surface area contributed by atoms with E-state index in [1.54, 1.807) is 6.92 Å². The van der Waals surface area contributed by atoms with Gasteiger partial charge in [-0.25, -0.2) is 0 Å². The number of fused-ring (bicyclic) bond motifs is 1. The van der Waals surface area contributed by atoms with Crippen LogP contribution in [0.15, 0.2) is 18.2 Å². The van der Waals surface area contributed by atoms with Gasteiger partial charge in [-0.15, -0.1) is 11.3 Å². The summed E-state index contributed by atoms with van der Waals surface area (Å²) in [6.07, 6.45) is 3.99. The molecule has 1 aliphatic rings. The van der Waals surface area contributed by atoms with Crippen LogP contribution in [0, 0.1) is 28.4 Å². The number of amides is 1. The zero-order valence-corrected chi connectivity index (χ0v) is 15.0. The highest BCUT2D eigenvalue weighted by molar-refractivity contribution is 7.16. The van der Waals surface area contributed by atoms with E-state index in [0.717, 1.165) is 31.2 Å². The van der Waals surface area contributed by atoms with E-state index in [9.17, 15) is 20.2 Å². The highest BCUT2D eigenvalue weighted by Crippen LogP contribution is 2.37. The normalized spacial score (nSPS) is 12.8. The molecule has 1 aromatic heterocycles. The minimum absolute atomic E-state index is 0.0258. The van der Waals surface area contributed by atoms with E-state index in [1.807, 2.05) is 0 Å². The SMILES string of the molecule is Cc1cc([N+](=O)[O-])ccc1OCC(=O)Nc1sc2c(c1C#N)CCCC2. The first-order valence-electron chi connectivity index (χ1n) is 8.22. The second kappa shape index (κ2) is 7.54. The Morgan fingerprint density at radius 2 is 2.19 bits per heavy atom. The number of nitro groups is 1. The van der Waals surface area contributed by atoms with Crippen molar-refractivity contribution in [2.24, 2.45) is 0 Å². The Kier molecular flexibility index (Phi) is 5.19. The van der Waals surface area contributed by atoms with Crippen molar-refractivity contribution < 1.29 is 14.5 Å². The summed E-state index contributed by atoms with van der Waals surface area (Å²) in [7, 11) is 0. The number of non-ortho nitro benzene ring substituents is 1. The van der Waals surface area contributed by atoms with Gasteiger partial charge in [0, 0.05) is 17.0 Å². The summed E-state index contributed by atoms with van der Waals surface area (Å²) in [5.74, 6) is 0.0505. The quantitative estimate of drug-likeness (QED) is 0.637. The topological polar surface area (TPSA) is 105 Å². The van der Waals surface area contributed by atoms with Gasteiger partial charge in [-0.2, -0.15) is 5.26 Å². The molecule has 1 aliphatic carbocycles. The standard InChI is InChI=1S/C18H17N3O4S/c1-11-8-12(21(23)24)6-7-15(11)25-10-17(22)20-18-14(9-19)13-4-2-3-5-16(13)26-18/h6-8H,2-5,10H2,1H3,(H,20,22). The van der Waals surface area contributed by atoms with Gasteiger partial charge in [0.05, 0.1) is 10.5 Å². The van der Waals surface area contributed by atoms with Crippen LogP contribution in [0.3, 0.4) is 0 Å². The maximum atomic E-state index is 12.2. The Labute approximate surface area is 154 Å². The van der Waals surface area contributed by atoms with Gasteiger partial charge in [-0.05, 0) is 49.8 Å². The maximum absolute atomic E-state index is 12.2. The average Bonchev–Trinajstić information content (AvgIpc) is 2.97. The Morgan fingerprint density at radius 1 is 1.42 bits per heavy atom. The van der Waals surface area contributed by atoms with Crippen molar-refractivity contribution in [3.8, 4) is 11.8 Å². The lowest BCUT2D eigenvalue weighted by atomic mass is 9.96. The monoisotopic (exact) mass is 371 g/mol. The van der Waals surface area contributed by atoms with Crippen LogP contribution in [-0.4, -0.2) is 17.4 Å². The third kappa shape index (κ3) is 3.68. The number of nitriles is 1. The van der Waals surface area contributed by atoms with E-state index in [1.165, 1.54) is 34.4 Å². The Balaban J connectivity index is 1.66. The lowest BCUT2D eigenvalue weighted by Gasteiger charge is -2.09. The van der Waals surface area contributed by atoms with Gasteiger partial charge in [0.25, 0.3) is 11.6 Å². The highest BCUT2D eigenvalue weighted by Gasteiger charge is 2.22.